The van der Waals surface area contributed by atoms with Crippen LogP contribution in [0.2, 0.25) is 0 Å². The summed E-state index contributed by atoms with van der Waals surface area (Å²) in [5, 5.41) is 3.42. The van der Waals surface area contributed by atoms with Gasteiger partial charge >= 0.3 is 0 Å². The summed E-state index contributed by atoms with van der Waals surface area (Å²) >= 11 is 0. The predicted molar refractivity (Wildman–Crippen MR) is 87.3 cm³/mol. The maximum Gasteiger partial charge on any atom is 0.0591 e. The number of nitrogens with one attached hydrogen (secondary N) is 1. The quantitative estimate of drug-likeness (QED) is 0.729. The van der Waals surface area contributed by atoms with Gasteiger partial charge in [-0.2, -0.15) is 0 Å². The Kier molecular flexibility index (Phi) is 7.25. The second-order valence-electron chi connectivity index (χ2n) is 6.95. The zero-order valence-electron chi connectivity index (χ0n) is 13.8. The van der Waals surface area contributed by atoms with E-state index >= 15 is 0 Å². The topological polar surface area (TPSA) is 21.3 Å². The molecule has 1 aromatic rings. The Labute approximate surface area is 124 Å². The number of benzene rings is 1. The summed E-state index contributed by atoms with van der Waals surface area (Å²) in [6, 6.07) is 8.95. The highest BCUT2D eigenvalue weighted by Crippen LogP contribution is 2.10. The summed E-state index contributed by atoms with van der Waals surface area (Å²) in [5.41, 5.74) is 2.97. The molecule has 0 saturated heterocycles. The van der Waals surface area contributed by atoms with Crippen molar-refractivity contribution in [1.82, 2.24) is 5.32 Å². The highest BCUT2D eigenvalue weighted by molar-refractivity contribution is 5.22. The Morgan fingerprint density at radius 1 is 1.00 bits per heavy atom. The average molecular weight is 277 g/mol. The first-order valence-electron chi connectivity index (χ1n) is 7.77. The van der Waals surface area contributed by atoms with Crippen LogP contribution in [0.5, 0.6) is 0 Å². The minimum absolute atomic E-state index is 0.176. The SMILES string of the molecule is CC(C)Cc1ccc(CCOCCNC(C)(C)C)cc1. The zero-order valence-corrected chi connectivity index (χ0v) is 13.8. The molecule has 0 heterocycles. The standard InChI is InChI=1S/C18H31NO/c1-15(2)14-17-8-6-16(7-9-17)10-12-20-13-11-19-18(3,4)5/h6-9,15,19H,10-14H2,1-5H3. The third-order valence-electron chi connectivity index (χ3n) is 3.10. The van der Waals surface area contributed by atoms with E-state index in [0.717, 1.165) is 38.5 Å². The third-order valence-corrected chi connectivity index (χ3v) is 3.10. The molecule has 1 N–H and O–H groups in total. The lowest BCUT2D eigenvalue weighted by atomic mass is 10.0. The largest absolute Gasteiger partial charge is 0.380 e. The molecule has 0 spiro atoms. The number of hydrogen-bond acceptors (Lipinski definition) is 2. The molecule has 2 heteroatoms. The average Bonchev–Trinajstić information content (AvgIpc) is 2.33. The normalized spacial score (nSPS) is 12.1. The van der Waals surface area contributed by atoms with Crippen LogP contribution in [0.15, 0.2) is 24.3 Å². The highest BCUT2D eigenvalue weighted by atomic mass is 16.5. The fraction of sp³-hybridized carbons (Fsp3) is 0.667. The maximum atomic E-state index is 5.67. The van der Waals surface area contributed by atoms with Crippen molar-refractivity contribution in [1.29, 1.82) is 0 Å². The van der Waals surface area contributed by atoms with Crippen LogP contribution in [0, 0.1) is 5.92 Å². The van der Waals surface area contributed by atoms with Crippen molar-refractivity contribution in [3.63, 3.8) is 0 Å². The van der Waals surface area contributed by atoms with E-state index in [9.17, 15) is 0 Å². The number of rotatable bonds is 8. The second-order valence-corrected chi connectivity index (χ2v) is 6.95. The Hall–Kier alpha value is -0.860. The van der Waals surface area contributed by atoms with E-state index in [-0.39, 0.29) is 5.54 Å². The first kappa shape index (κ1) is 17.2. The number of ether oxygens (including phenoxy) is 1. The fourth-order valence-corrected chi connectivity index (χ4v) is 2.10. The lowest BCUT2D eigenvalue weighted by Gasteiger charge is -2.20. The van der Waals surface area contributed by atoms with Crippen LogP contribution in [0.25, 0.3) is 0 Å². The zero-order chi connectivity index (χ0) is 15.0. The van der Waals surface area contributed by atoms with Crippen LogP contribution in [-0.4, -0.2) is 25.3 Å². The van der Waals surface area contributed by atoms with Gasteiger partial charge in [0.05, 0.1) is 13.2 Å². The molecule has 114 valence electrons. The Balaban J connectivity index is 2.16. The van der Waals surface area contributed by atoms with Crippen LogP contribution >= 0.6 is 0 Å². The Morgan fingerprint density at radius 3 is 2.15 bits per heavy atom. The first-order valence-corrected chi connectivity index (χ1v) is 7.77. The molecule has 0 atom stereocenters. The van der Waals surface area contributed by atoms with E-state index in [1.165, 1.54) is 11.1 Å². The van der Waals surface area contributed by atoms with Crippen LogP contribution in [0.1, 0.15) is 45.7 Å². The van der Waals surface area contributed by atoms with E-state index in [2.05, 4.69) is 64.2 Å². The van der Waals surface area contributed by atoms with E-state index in [0.29, 0.717) is 0 Å². The molecule has 0 saturated carbocycles. The van der Waals surface area contributed by atoms with Gasteiger partial charge in [-0.3, -0.25) is 0 Å². The molecule has 0 radical (unpaired) electrons. The van der Waals surface area contributed by atoms with Crippen molar-refractivity contribution in [3.05, 3.63) is 35.4 Å². The van der Waals surface area contributed by atoms with Gasteiger partial charge in [0.1, 0.15) is 0 Å². The van der Waals surface area contributed by atoms with Gasteiger partial charge < -0.3 is 10.1 Å². The van der Waals surface area contributed by atoms with E-state index < -0.39 is 0 Å². The molecule has 0 aliphatic rings. The van der Waals surface area contributed by atoms with Crippen molar-refractivity contribution in [3.8, 4) is 0 Å². The first-order chi connectivity index (χ1) is 9.37. The van der Waals surface area contributed by atoms with Crippen LogP contribution in [-0.2, 0) is 17.6 Å². The molecule has 0 fully saturated rings. The minimum Gasteiger partial charge on any atom is -0.380 e. The maximum absolute atomic E-state index is 5.67. The van der Waals surface area contributed by atoms with Gasteiger partial charge in [-0.05, 0) is 50.7 Å². The third kappa shape index (κ3) is 8.34. The van der Waals surface area contributed by atoms with Crippen molar-refractivity contribution in [2.45, 2.75) is 53.0 Å². The smallest absolute Gasteiger partial charge is 0.0591 e. The van der Waals surface area contributed by atoms with Crippen LogP contribution in [0.3, 0.4) is 0 Å². The Bertz CT molecular complexity index is 362. The molecule has 1 aromatic carbocycles. The van der Waals surface area contributed by atoms with Gasteiger partial charge in [-0.25, -0.2) is 0 Å². The van der Waals surface area contributed by atoms with Gasteiger partial charge in [0, 0.05) is 12.1 Å². The fourth-order valence-electron chi connectivity index (χ4n) is 2.10. The monoisotopic (exact) mass is 277 g/mol. The summed E-state index contributed by atoms with van der Waals surface area (Å²) < 4.78 is 5.67. The summed E-state index contributed by atoms with van der Waals surface area (Å²) in [7, 11) is 0. The van der Waals surface area contributed by atoms with Crippen molar-refractivity contribution >= 4 is 0 Å². The summed E-state index contributed by atoms with van der Waals surface area (Å²) in [6.07, 6.45) is 2.16. The van der Waals surface area contributed by atoms with Crippen molar-refractivity contribution in [2.24, 2.45) is 5.92 Å². The lowest BCUT2D eigenvalue weighted by Crippen LogP contribution is -2.38. The van der Waals surface area contributed by atoms with Crippen molar-refractivity contribution in [2.75, 3.05) is 19.8 Å². The summed E-state index contributed by atoms with van der Waals surface area (Å²) in [4.78, 5) is 0. The number of hydrogen-bond donors (Lipinski definition) is 1. The molecular weight excluding hydrogens is 246 g/mol. The minimum atomic E-state index is 0.176. The lowest BCUT2D eigenvalue weighted by molar-refractivity contribution is 0.133. The molecule has 0 unspecified atom stereocenters. The Morgan fingerprint density at radius 2 is 1.60 bits per heavy atom. The molecule has 0 bridgehead atoms. The summed E-state index contributed by atoms with van der Waals surface area (Å²) in [5.74, 6) is 0.722. The van der Waals surface area contributed by atoms with Crippen LogP contribution < -0.4 is 5.32 Å². The molecule has 0 aliphatic carbocycles. The van der Waals surface area contributed by atoms with E-state index in [1.807, 2.05) is 0 Å². The predicted octanol–water partition coefficient (Wildman–Crippen LogP) is 3.83. The van der Waals surface area contributed by atoms with Crippen molar-refractivity contribution < 1.29 is 4.74 Å². The van der Waals surface area contributed by atoms with Gasteiger partial charge in [0.25, 0.3) is 0 Å². The van der Waals surface area contributed by atoms with Gasteiger partial charge in [0.2, 0.25) is 0 Å². The van der Waals surface area contributed by atoms with Gasteiger partial charge in [0.15, 0.2) is 0 Å². The highest BCUT2D eigenvalue weighted by Gasteiger charge is 2.07. The molecular formula is C18H31NO. The van der Waals surface area contributed by atoms with Crippen LogP contribution in [0.4, 0.5) is 0 Å². The molecule has 2 nitrogen and oxygen atoms in total. The summed E-state index contributed by atoms with van der Waals surface area (Å²) in [6.45, 7) is 13.5. The second kappa shape index (κ2) is 8.43. The van der Waals surface area contributed by atoms with Gasteiger partial charge in [-0.1, -0.05) is 38.1 Å². The van der Waals surface area contributed by atoms with Gasteiger partial charge in [-0.15, -0.1) is 0 Å². The molecule has 0 amide bonds. The molecule has 1 rings (SSSR count). The molecule has 0 aromatic heterocycles. The van der Waals surface area contributed by atoms with E-state index in [4.69, 9.17) is 4.74 Å². The molecule has 20 heavy (non-hydrogen) atoms. The molecule has 0 aliphatic heterocycles. The van der Waals surface area contributed by atoms with E-state index in [1.54, 1.807) is 0 Å².